The van der Waals surface area contributed by atoms with Gasteiger partial charge < -0.3 is 11.5 Å². The van der Waals surface area contributed by atoms with Gasteiger partial charge in [-0.2, -0.15) is 0 Å². The fourth-order valence-electron chi connectivity index (χ4n) is 2.04. The van der Waals surface area contributed by atoms with Gasteiger partial charge in [-0.3, -0.25) is 0 Å². The minimum absolute atomic E-state index is 0.199. The summed E-state index contributed by atoms with van der Waals surface area (Å²) in [5.41, 5.74) is 11.9. The van der Waals surface area contributed by atoms with Crippen LogP contribution in [0.5, 0.6) is 0 Å². The van der Waals surface area contributed by atoms with Crippen LogP contribution in [-0.4, -0.2) is 22.1 Å². The molecule has 2 unspecified atom stereocenters. The van der Waals surface area contributed by atoms with Gasteiger partial charge in [0.2, 0.25) is 0 Å². The van der Waals surface area contributed by atoms with E-state index in [0.29, 0.717) is 12.1 Å². The molecule has 0 aromatic heterocycles. The van der Waals surface area contributed by atoms with E-state index in [1.165, 1.54) is 12.8 Å². The molecule has 2 fully saturated rings. The third kappa shape index (κ3) is 0.684. The summed E-state index contributed by atoms with van der Waals surface area (Å²) in [6.45, 7) is 2.21. The number of nitrogens with two attached hydrogens (primary N) is 2. The lowest BCUT2D eigenvalue weighted by atomic mass is 9.83. The predicted octanol–water partition coefficient (Wildman–Crippen LogP) is 0.309. The van der Waals surface area contributed by atoms with Crippen molar-refractivity contribution in [3.63, 3.8) is 0 Å². The maximum atomic E-state index is 5.94. The second kappa shape index (κ2) is 1.90. The van der Waals surface area contributed by atoms with E-state index in [9.17, 15) is 0 Å². The Hall–Kier alpha value is 0.270. The average Bonchev–Trinajstić information content (AvgIpc) is 2.20. The fraction of sp³-hybridized carbons (Fsp3) is 1.00. The Bertz CT molecular complexity index is 148. The number of hydrogen-bond donors (Lipinski definition) is 2. The third-order valence-electron chi connectivity index (χ3n) is 2.93. The molecule has 2 heterocycles. The Labute approximate surface area is 65.7 Å². The predicted molar refractivity (Wildman–Crippen MR) is 45.0 cm³/mol. The zero-order valence-electron chi connectivity index (χ0n) is 6.21. The van der Waals surface area contributed by atoms with E-state index < -0.39 is 0 Å². The molecule has 0 aliphatic carbocycles. The van der Waals surface area contributed by atoms with Crippen molar-refractivity contribution in [3.8, 4) is 0 Å². The van der Waals surface area contributed by atoms with Crippen LogP contribution < -0.4 is 11.5 Å². The van der Waals surface area contributed by atoms with Gasteiger partial charge in [0.05, 0.1) is 0 Å². The molecule has 2 atom stereocenters. The Balaban J connectivity index is 2.26. The molecule has 58 valence electrons. The highest BCUT2D eigenvalue weighted by molar-refractivity contribution is 8.01. The first-order valence-electron chi connectivity index (χ1n) is 3.82. The molecule has 2 saturated heterocycles. The summed E-state index contributed by atoms with van der Waals surface area (Å²) in [7, 11) is 0. The van der Waals surface area contributed by atoms with Crippen molar-refractivity contribution >= 4 is 11.8 Å². The van der Waals surface area contributed by atoms with Crippen molar-refractivity contribution in [1.82, 2.24) is 0 Å². The first kappa shape index (κ1) is 6.95. The van der Waals surface area contributed by atoms with Crippen LogP contribution in [0.2, 0.25) is 0 Å². The SMILES string of the molecule is CC12SC(CC1N)CC2N. The molecule has 2 aliphatic rings. The number of rotatable bonds is 0. The zero-order chi connectivity index (χ0) is 7.35. The molecule has 3 heteroatoms. The van der Waals surface area contributed by atoms with E-state index in [0.717, 1.165) is 5.25 Å². The largest absolute Gasteiger partial charge is 0.326 e. The number of hydrogen-bond acceptors (Lipinski definition) is 3. The maximum Gasteiger partial charge on any atom is 0.0436 e. The molecule has 2 aliphatic heterocycles. The number of thioether (sulfide) groups is 1. The van der Waals surface area contributed by atoms with Crippen LogP contribution in [0.1, 0.15) is 19.8 Å². The highest BCUT2D eigenvalue weighted by atomic mass is 32.2. The highest BCUT2D eigenvalue weighted by Gasteiger charge is 2.53. The first-order chi connectivity index (χ1) is 4.63. The summed E-state index contributed by atoms with van der Waals surface area (Å²) >= 11 is 2.00. The van der Waals surface area contributed by atoms with Crippen LogP contribution in [0, 0.1) is 0 Å². The number of fused-ring (bicyclic) bond motifs is 2. The van der Waals surface area contributed by atoms with E-state index in [2.05, 4.69) is 6.92 Å². The smallest absolute Gasteiger partial charge is 0.0436 e. The molecule has 2 rings (SSSR count). The summed E-state index contributed by atoms with van der Waals surface area (Å²) < 4.78 is 0.199. The maximum absolute atomic E-state index is 5.94. The molecular formula is C7H14N2S. The van der Waals surface area contributed by atoms with Crippen molar-refractivity contribution in [1.29, 1.82) is 0 Å². The molecule has 0 amide bonds. The molecule has 4 N–H and O–H groups in total. The highest BCUT2D eigenvalue weighted by Crippen LogP contribution is 2.52. The lowest BCUT2D eigenvalue weighted by Crippen LogP contribution is -2.52. The molecule has 2 nitrogen and oxygen atoms in total. The average molecular weight is 158 g/mol. The molecular weight excluding hydrogens is 144 g/mol. The Kier molecular flexibility index (Phi) is 1.32. The van der Waals surface area contributed by atoms with Crippen molar-refractivity contribution in [3.05, 3.63) is 0 Å². The minimum atomic E-state index is 0.199. The van der Waals surface area contributed by atoms with Gasteiger partial charge in [0, 0.05) is 22.1 Å². The fourth-order valence-corrected chi connectivity index (χ4v) is 3.90. The van der Waals surface area contributed by atoms with Crippen LogP contribution in [0.15, 0.2) is 0 Å². The molecule has 2 bridgehead atoms. The van der Waals surface area contributed by atoms with Gasteiger partial charge >= 0.3 is 0 Å². The van der Waals surface area contributed by atoms with Crippen LogP contribution in [0.4, 0.5) is 0 Å². The topological polar surface area (TPSA) is 52.0 Å². The monoisotopic (exact) mass is 158 g/mol. The van der Waals surface area contributed by atoms with Gasteiger partial charge in [0.15, 0.2) is 0 Å². The van der Waals surface area contributed by atoms with Gasteiger partial charge in [-0.25, -0.2) is 0 Å². The first-order valence-corrected chi connectivity index (χ1v) is 4.70. The molecule has 10 heavy (non-hydrogen) atoms. The lowest BCUT2D eigenvalue weighted by Gasteiger charge is -2.32. The summed E-state index contributed by atoms with van der Waals surface area (Å²) in [5, 5.41) is 0.759. The molecule has 0 aromatic carbocycles. The molecule has 0 saturated carbocycles. The van der Waals surface area contributed by atoms with Crippen molar-refractivity contribution in [2.24, 2.45) is 11.5 Å². The normalized spacial score (nSPS) is 59.7. The Morgan fingerprint density at radius 1 is 1.30 bits per heavy atom. The second-order valence-corrected chi connectivity index (χ2v) is 5.39. The summed E-state index contributed by atoms with van der Waals surface area (Å²) in [4.78, 5) is 0. The van der Waals surface area contributed by atoms with Crippen LogP contribution in [-0.2, 0) is 0 Å². The van der Waals surface area contributed by atoms with Crippen molar-refractivity contribution in [2.45, 2.75) is 41.8 Å². The van der Waals surface area contributed by atoms with Crippen LogP contribution >= 0.6 is 11.8 Å². The van der Waals surface area contributed by atoms with E-state index in [4.69, 9.17) is 11.5 Å². The summed E-state index contributed by atoms with van der Waals surface area (Å²) in [5.74, 6) is 0. The molecule has 0 spiro atoms. The van der Waals surface area contributed by atoms with E-state index in [1.807, 2.05) is 11.8 Å². The van der Waals surface area contributed by atoms with Crippen molar-refractivity contribution in [2.75, 3.05) is 0 Å². The summed E-state index contributed by atoms with van der Waals surface area (Å²) in [6.07, 6.45) is 2.35. The van der Waals surface area contributed by atoms with Gasteiger partial charge in [0.1, 0.15) is 0 Å². The second-order valence-electron chi connectivity index (χ2n) is 3.61. The Morgan fingerprint density at radius 2 is 1.80 bits per heavy atom. The molecule has 0 radical (unpaired) electrons. The van der Waals surface area contributed by atoms with Crippen LogP contribution in [0.25, 0.3) is 0 Å². The van der Waals surface area contributed by atoms with Crippen LogP contribution in [0.3, 0.4) is 0 Å². The lowest BCUT2D eigenvalue weighted by molar-refractivity contribution is 0.366. The Morgan fingerprint density at radius 3 is 2.00 bits per heavy atom. The minimum Gasteiger partial charge on any atom is -0.326 e. The van der Waals surface area contributed by atoms with E-state index in [1.54, 1.807) is 0 Å². The molecule has 0 aromatic rings. The van der Waals surface area contributed by atoms with Gasteiger partial charge in [-0.05, 0) is 19.8 Å². The van der Waals surface area contributed by atoms with E-state index >= 15 is 0 Å². The van der Waals surface area contributed by atoms with Gasteiger partial charge in [-0.1, -0.05) is 0 Å². The van der Waals surface area contributed by atoms with Gasteiger partial charge in [0.25, 0.3) is 0 Å². The quantitative estimate of drug-likeness (QED) is 0.533. The standard InChI is InChI=1S/C7H14N2S/c1-7-5(8)2-4(10-7)3-6(7)9/h4-6H,2-3,8-9H2,1H3. The van der Waals surface area contributed by atoms with E-state index in [-0.39, 0.29) is 4.75 Å². The summed E-state index contributed by atoms with van der Waals surface area (Å²) in [6, 6.07) is 0.678. The third-order valence-corrected chi connectivity index (χ3v) is 4.76. The zero-order valence-corrected chi connectivity index (χ0v) is 7.03. The van der Waals surface area contributed by atoms with Gasteiger partial charge in [-0.15, -0.1) is 11.8 Å². The van der Waals surface area contributed by atoms with Crippen molar-refractivity contribution < 1.29 is 0 Å².